The molecule has 5 nitrogen and oxygen atoms in total. The van der Waals surface area contributed by atoms with Gasteiger partial charge in [0.25, 0.3) is 0 Å². The SMILES string of the molecule is COCCOCCCOC(=O)[C@@H](N)c1ccccc1. The van der Waals surface area contributed by atoms with Crippen LogP contribution >= 0.6 is 0 Å². The second kappa shape index (κ2) is 9.49. The Morgan fingerprint density at radius 1 is 1.16 bits per heavy atom. The van der Waals surface area contributed by atoms with Gasteiger partial charge in [-0.2, -0.15) is 0 Å². The van der Waals surface area contributed by atoms with E-state index in [4.69, 9.17) is 19.9 Å². The molecule has 1 rings (SSSR count). The summed E-state index contributed by atoms with van der Waals surface area (Å²) in [6, 6.07) is 8.44. The molecule has 0 amide bonds. The molecule has 0 aliphatic heterocycles. The van der Waals surface area contributed by atoms with Crippen LogP contribution in [0.4, 0.5) is 0 Å². The third kappa shape index (κ3) is 6.33. The molecule has 0 aliphatic carbocycles. The molecule has 0 radical (unpaired) electrons. The number of rotatable bonds is 9. The van der Waals surface area contributed by atoms with Crippen LogP contribution in [0.2, 0.25) is 0 Å². The molecule has 0 saturated heterocycles. The minimum absolute atomic E-state index is 0.312. The lowest BCUT2D eigenvalue weighted by Crippen LogP contribution is -2.24. The van der Waals surface area contributed by atoms with Gasteiger partial charge >= 0.3 is 5.97 Å². The van der Waals surface area contributed by atoms with Crippen LogP contribution in [0.25, 0.3) is 0 Å². The number of esters is 1. The van der Waals surface area contributed by atoms with Crippen molar-refractivity contribution in [3.05, 3.63) is 35.9 Å². The van der Waals surface area contributed by atoms with Crippen molar-refractivity contribution in [2.45, 2.75) is 12.5 Å². The maximum absolute atomic E-state index is 11.7. The third-order valence-electron chi connectivity index (χ3n) is 2.52. The molecule has 0 fully saturated rings. The lowest BCUT2D eigenvalue weighted by Gasteiger charge is -2.11. The standard InChI is InChI=1S/C14H21NO4/c1-17-10-11-18-8-5-9-19-14(16)13(15)12-6-3-2-4-7-12/h2-4,6-7,13H,5,8-11,15H2,1H3/t13-/m0/s1. The minimum Gasteiger partial charge on any atom is -0.464 e. The minimum atomic E-state index is -0.726. The lowest BCUT2D eigenvalue weighted by atomic mass is 10.1. The predicted octanol–water partition coefficient (Wildman–Crippen LogP) is 1.28. The number of benzene rings is 1. The molecule has 0 spiro atoms. The molecule has 0 unspecified atom stereocenters. The molecule has 1 aromatic carbocycles. The van der Waals surface area contributed by atoms with E-state index in [1.54, 1.807) is 19.2 Å². The summed E-state index contributed by atoms with van der Waals surface area (Å²) in [4.78, 5) is 11.7. The average molecular weight is 267 g/mol. The molecule has 5 heteroatoms. The van der Waals surface area contributed by atoms with Gasteiger partial charge in [-0.25, -0.2) is 4.79 Å². The van der Waals surface area contributed by atoms with Crippen molar-refractivity contribution in [2.75, 3.05) is 33.5 Å². The highest BCUT2D eigenvalue weighted by Gasteiger charge is 2.16. The van der Waals surface area contributed by atoms with Gasteiger partial charge in [0.05, 0.1) is 19.8 Å². The Kier molecular flexibility index (Phi) is 7.81. The Morgan fingerprint density at radius 3 is 2.58 bits per heavy atom. The van der Waals surface area contributed by atoms with E-state index in [0.717, 1.165) is 5.56 Å². The normalized spacial score (nSPS) is 12.1. The van der Waals surface area contributed by atoms with Crippen molar-refractivity contribution in [1.29, 1.82) is 0 Å². The highest BCUT2D eigenvalue weighted by Crippen LogP contribution is 2.10. The number of carbonyl (C=O) groups excluding carboxylic acids is 1. The van der Waals surface area contributed by atoms with Crippen molar-refractivity contribution < 1.29 is 19.0 Å². The van der Waals surface area contributed by atoms with Crippen molar-refractivity contribution in [3.8, 4) is 0 Å². The van der Waals surface area contributed by atoms with E-state index in [1.165, 1.54) is 0 Å². The van der Waals surface area contributed by atoms with Crippen LogP contribution in [0.3, 0.4) is 0 Å². The fourth-order valence-corrected chi connectivity index (χ4v) is 1.46. The topological polar surface area (TPSA) is 70.8 Å². The molecule has 0 saturated carbocycles. The Hall–Kier alpha value is -1.43. The molecule has 0 aliphatic rings. The first kappa shape index (κ1) is 15.6. The number of hydrogen-bond donors (Lipinski definition) is 1. The molecule has 0 heterocycles. The van der Waals surface area contributed by atoms with Gasteiger partial charge < -0.3 is 19.9 Å². The van der Waals surface area contributed by atoms with Gasteiger partial charge in [0.15, 0.2) is 0 Å². The van der Waals surface area contributed by atoms with Crippen molar-refractivity contribution in [2.24, 2.45) is 5.73 Å². The fraction of sp³-hybridized carbons (Fsp3) is 0.500. The summed E-state index contributed by atoms with van der Waals surface area (Å²) in [6.45, 7) is 1.97. The van der Waals surface area contributed by atoms with Crippen LogP contribution in [-0.4, -0.2) is 39.5 Å². The zero-order chi connectivity index (χ0) is 13.9. The Morgan fingerprint density at radius 2 is 1.89 bits per heavy atom. The van der Waals surface area contributed by atoms with Gasteiger partial charge in [0.1, 0.15) is 6.04 Å². The second-order valence-corrected chi connectivity index (χ2v) is 4.01. The van der Waals surface area contributed by atoms with Crippen molar-refractivity contribution >= 4 is 5.97 Å². The zero-order valence-corrected chi connectivity index (χ0v) is 11.2. The van der Waals surface area contributed by atoms with E-state index in [9.17, 15) is 4.79 Å². The number of ether oxygens (including phenoxy) is 3. The maximum atomic E-state index is 11.7. The van der Waals surface area contributed by atoms with E-state index in [1.807, 2.05) is 18.2 Å². The number of methoxy groups -OCH3 is 1. The van der Waals surface area contributed by atoms with Gasteiger partial charge in [-0.05, 0) is 5.56 Å². The van der Waals surface area contributed by atoms with Crippen LogP contribution in [0.15, 0.2) is 30.3 Å². The van der Waals surface area contributed by atoms with Gasteiger partial charge in [0.2, 0.25) is 0 Å². The molecule has 106 valence electrons. The van der Waals surface area contributed by atoms with E-state index in [2.05, 4.69) is 0 Å². The molecule has 19 heavy (non-hydrogen) atoms. The summed E-state index contributed by atoms with van der Waals surface area (Å²) in [5.41, 5.74) is 6.55. The summed E-state index contributed by atoms with van der Waals surface area (Å²) >= 11 is 0. The highest BCUT2D eigenvalue weighted by molar-refractivity contribution is 5.77. The predicted molar refractivity (Wildman–Crippen MR) is 71.6 cm³/mol. The molecule has 1 aromatic rings. The quantitative estimate of drug-likeness (QED) is 0.539. The smallest absolute Gasteiger partial charge is 0.327 e. The molecule has 0 bridgehead atoms. The Bertz CT molecular complexity index is 356. The molecule has 1 atom stereocenters. The molecule has 2 N–H and O–H groups in total. The van der Waals surface area contributed by atoms with E-state index in [-0.39, 0.29) is 0 Å². The largest absolute Gasteiger partial charge is 0.464 e. The zero-order valence-electron chi connectivity index (χ0n) is 11.2. The first-order chi connectivity index (χ1) is 9.25. The van der Waals surface area contributed by atoms with E-state index >= 15 is 0 Å². The maximum Gasteiger partial charge on any atom is 0.327 e. The van der Waals surface area contributed by atoms with Crippen LogP contribution < -0.4 is 5.73 Å². The van der Waals surface area contributed by atoms with Gasteiger partial charge in [-0.1, -0.05) is 30.3 Å². The van der Waals surface area contributed by atoms with E-state index < -0.39 is 12.0 Å². The number of carbonyl (C=O) groups is 1. The summed E-state index contributed by atoms with van der Waals surface area (Å²) in [5.74, 6) is -0.414. The summed E-state index contributed by atoms with van der Waals surface area (Å²) in [6.07, 6.45) is 0.650. The Balaban J connectivity index is 2.14. The summed E-state index contributed by atoms with van der Waals surface area (Å²) < 4.78 is 15.2. The van der Waals surface area contributed by atoms with Gasteiger partial charge in [-0.15, -0.1) is 0 Å². The third-order valence-corrected chi connectivity index (χ3v) is 2.52. The van der Waals surface area contributed by atoms with Crippen LogP contribution in [-0.2, 0) is 19.0 Å². The fourth-order valence-electron chi connectivity index (χ4n) is 1.46. The summed E-state index contributed by atoms with van der Waals surface area (Å²) in [7, 11) is 1.62. The highest BCUT2D eigenvalue weighted by atomic mass is 16.5. The average Bonchev–Trinajstić information content (AvgIpc) is 2.46. The van der Waals surface area contributed by atoms with Crippen LogP contribution in [0.1, 0.15) is 18.0 Å². The van der Waals surface area contributed by atoms with Crippen molar-refractivity contribution in [1.82, 2.24) is 0 Å². The molecular weight excluding hydrogens is 246 g/mol. The number of nitrogens with two attached hydrogens (primary N) is 1. The van der Waals surface area contributed by atoms with Gasteiger partial charge in [-0.3, -0.25) is 0 Å². The monoisotopic (exact) mass is 267 g/mol. The van der Waals surface area contributed by atoms with E-state index in [0.29, 0.717) is 32.8 Å². The first-order valence-corrected chi connectivity index (χ1v) is 6.29. The lowest BCUT2D eigenvalue weighted by molar-refractivity contribution is -0.145. The summed E-state index contributed by atoms with van der Waals surface area (Å²) in [5, 5.41) is 0. The van der Waals surface area contributed by atoms with Gasteiger partial charge in [0, 0.05) is 20.1 Å². The molecular formula is C14H21NO4. The molecule has 0 aromatic heterocycles. The van der Waals surface area contributed by atoms with Crippen LogP contribution in [0, 0.1) is 0 Å². The second-order valence-electron chi connectivity index (χ2n) is 4.01. The Labute approximate surface area is 113 Å². The number of hydrogen-bond acceptors (Lipinski definition) is 5. The van der Waals surface area contributed by atoms with Crippen molar-refractivity contribution in [3.63, 3.8) is 0 Å². The first-order valence-electron chi connectivity index (χ1n) is 6.29. The van der Waals surface area contributed by atoms with Crippen LogP contribution in [0.5, 0.6) is 0 Å².